The minimum Gasteiger partial charge on any atom is -0.367 e. The molecule has 2 aliphatic heterocycles. The van der Waals surface area contributed by atoms with E-state index in [1.165, 1.54) is 5.56 Å². The van der Waals surface area contributed by atoms with Crippen LogP contribution >= 0.6 is 0 Å². The topological polar surface area (TPSA) is 111 Å². The first-order valence-corrected chi connectivity index (χ1v) is 13.3. The predicted octanol–water partition coefficient (Wildman–Crippen LogP) is 2.41. The summed E-state index contributed by atoms with van der Waals surface area (Å²) in [6.45, 7) is 5.06. The number of fused-ring (bicyclic) bond motifs is 1. The number of carbonyl (C=O) groups excluding carboxylic acids is 1. The number of piperazine rings is 1. The number of pyridine rings is 1. The number of nitrogens with zero attached hydrogens (tertiary/aromatic N) is 9. The average molecular weight is 525 g/mol. The summed E-state index contributed by atoms with van der Waals surface area (Å²) in [5.41, 5.74) is 3.65. The fourth-order valence-electron chi connectivity index (χ4n) is 5.55. The lowest BCUT2D eigenvalue weighted by Gasteiger charge is -2.50. The van der Waals surface area contributed by atoms with Gasteiger partial charge >= 0.3 is 0 Å². The number of anilines is 3. The van der Waals surface area contributed by atoms with Crippen LogP contribution in [0.15, 0.2) is 61.1 Å². The van der Waals surface area contributed by atoms with Gasteiger partial charge in [-0.3, -0.25) is 9.48 Å². The molecule has 4 aromatic rings. The Labute approximate surface area is 227 Å². The molecule has 1 N–H and O–H groups in total. The summed E-state index contributed by atoms with van der Waals surface area (Å²) in [6, 6.07) is 16.8. The Kier molecular flexibility index (Phi) is 6.62. The van der Waals surface area contributed by atoms with Crippen LogP contribution in [0.3, 0.4) is 0 Å². The lowest BCUT2D eigenvalue weighted by atomic mass is 9.72. The van der Waals surface area contributed by atoms with Crippen molar-refractivity contribution in [3.63, 3.8) is 0 Å². The fourth-order valence-corrected chi connectivity index (χ4v) is 5.55. The van der Waals surface area contributed by atoms with Gasteiger partial charge in [-0.2, -0.15) is 15.3 Å². The van der Waals surface area contributed by atoms with Crippen molar-refractivity contribution in [1.82, 2.24) is 34.2 Å². The standard InChI is InChI=1S/C28H32N10O/c1-34-12-14-35(15-13-34)25(39)19-37-18-23(17-30-37)31-27-32-26-24(8-5-11-38(26)33-27)36-20-28(21-36,9-10-29)16-22-6-3-2-4-7-22/h2-8,11,17-18H,9,12-16,19-21H2,1H3,(H,31,33). The van der Waals surface area contributed by atoms with Crippen molar-refractivity contribution >= 4 is 28.9 Å². The van der Waals surface area contributed by atoms with Crippen LogP contribution in [0.25, 0.3) is 5.65 Å². The molecule has 0 radical (unpaired) electrons. The molecule has 0 spiro atoms. The molecule has 0 saturated carbocycles. The third kappa shape index (κ3) is 5.28. The molecule has 1 aromatic carbocycles. The summed E-state index contributed by atoms with van der Waals surface area (Å²) >= 11 is 0. The number of nitrogens with one attached hydrogen (secondary N) is 1. The SMILES string of the molecule is CN1CCN(C(=O)Cn2cc(Nc3nc4c(N5CC(CC#N)(Cc6ccccc6)C5)cccn4n3)cn2)CC1. The molecule has 0 bridgehead atoms. The van der Waals surface area contributed by atoms with Crippen LogP contribution in [0.5, 0.6) is 0 Å². The maximum atomic E-state index is 12.7. The van der Waals surface area contributed by atoms with Gasteiger partial charge in [-0.15, -0.1) is 5.10 Å². The summed E-state index contributed by atoms with van der Waals surface area (Å²) < 4.78 is 3.41. The van der Waals surface area contributed by atoms with Gasteiger partial charge in [0.1, 0.15) is 6.54 Å². The first kappa shape index (κ1) is 24.9. The Morgan fingerprint density at radius 2 is 1.90 bits per heavy atom. The summed E-state index contributed by atoms with van der Waals surface area (Å²) in [7, 11) is 2.07. The molecule has 200 valence electrons. The number of rotatable bonds is 8. The van der Waals surface area contributed by atoms with Crippen molar-refractivity contribution in [1.29, 1.82) is 5.26 Å². The maximum absolute atomic E-state index is 12.7. The normalized spacial score (nSPS) is 17.1. The molecule has 0 atom stereocenters. The largest absolute Gasteiger partial charge is 0.367 e. The smallest absolute Gasteiger partial charge is 0.247 e. The Hall–Kier alpha value is -4.43. The minimum atomic E-state index is -0.0693. The van der Waals surface area contributed by atoms with E-state index >= 15 is 0 Å². The third-order valence-electron chi connectivity index (χ3n) is 7.65. The summed E-state index contributed by atoms with van der Waals surface area (Å²) in [4.78, 5) is 23.8. The van der Waals surface area contributed by atoms with E-state index in [2.05, 4.69) is 56.6 Å². The maximum Gasteiger partial charge on any atom is 0.247 e. The van der Waals surface area contributed by atoms with Gasteiger partial charge in [0, 0.05) is 63.5 Å². The Bertz CT molecular complexity index is 1490. The first-order chi connectivity index (χ1) is 19.0. The molecule has 3 aromatic heterocycles. The van der Waals surface area contributed by atoms with Gasteiger partial charge in [-0.05, 0) is 31.2 Å². The van der Waals surface area contributed by atoms with E-state index in [1.54, 1.807) is 21.6 Å². The summed E-state index contributed by atoms with van der Waals surface area (Å²) in [5.74, 6) is 0.531. The second-order valence-corrected chi connectivity index (χ2v) is 10.7. The Morgan fingerprint density at radius 1 is 1.10 bits per heavy atom. The van der Waals surface area contributed by atoms with Crippen molar-refractivity contribution in [3.05, 3.63) is 66.6 Å². The molecule has 2 saturated heterocycles. The van der Waals surface area contributed by atoms with E-state index in [9.17, 15) is 10.1 Å². The quantitative estimate of drug-likeness (QED) is 0.374. The van der Waals surface area contributed by atoms with Gasteiger partial charge < -0.3 is 20.0 Å². The highest BCUT2D eigenvalue weighted by Gasteiger charge is 2.43. The monoisotopic (exact) mass is 524 g/mol. The van der Waals surface area contributed by atoms with Crippen molar-refractivity contribution in [3.8, 4) is 6.07 Å². The van der Waals surface area contributed by atoms with E-state index < -0.39 is 0 Å². The zero-order valence-electron chi connectivity index (χ0n) is 22.1. The molecule has 2 fully saturated rings. The van der Waals surface area contributed by atoms with Gasteiger partial charge in [0.2, 0.25) is 11.9 Å². The van der Waals surface area contributed by atoms with Gasteiger partial charge in [0.25, 0.3) is 0 Å². The summed E-state index contributed by atoms with van der Waals surface area (Å²) in [5, 5.41) is 21.7. The zero-order valence-corrected chi connectivity index (χ0v) is 22.1. The highest BCUT2D eigenvalue weighted by atomic mass is 16.2. The van der Waals surface area contributed by atoms with Crippen LogP contribution in [0.1, 0.15) is 12.0 Å². The van der Waals surface area contributed by atoms with Gasteiger partial charge in [-0.25, -0.2) is 4.52 Å². The first-order valence-electron chi connectivity index (χ1n) is 13.3. The molecular weight excluding hydrogens is 492 g/mol. The fraction of sp³-hybridized carbons (Fsp3) is 0.393. The van der Waals surface area contributed by atoms with Crippen molar-refractivity contribution in [2.75, 3.05) is 56.5 Å². The zero-order chi connectivity index (χ0) is 26.8. The average Bonchev–Trinajstić information content (AvgIpc) is 3.54. The molecule has 11 heteroatoms. The highest BCUT2D eigenvalue weighted by molar-refractivity contribution is 5.76. The van der Waals surface area contributed by atoms with Crippen molar-refractivity contribution in [2.45, 2.75) is 19.4 Å². The van der Waals surface area contributed by atoms with Crippen LogP contribution in [-0.4, -0.2) is 86.4 Å². The number of benzene rings is 1. The van der Waals surface area contributed by atoms with E-state index in [0.717, 1.165) is 62.7 Å². The highest BCUT2D eigenvalue weighted by Crippen LogP contribution is 2.41. The lowest BCUT2D eigenvalue weighted by molar-refractivity contribution is -0.133. The third-order valence-corrected chi connectivity index (χ3v) is 7.65. The van der Waals surface area contributed by atoms with E-state index in [0.29, 0.717) is 12.4 Å². The number of hydrogen-bond donors (Lipinski definition) is 1. The number of carbonyl (C=O) groups is 1. The van der Waals surface area contributed by atoms with Crippen LogP contribution in [0.2, 0.25) is 0 Å². The molecule has 5 heterocycles. The summed E-state index contributed by atoms with van der Waals surface area (Å²) in [6.07, 6.45) is 6.75. The molecule has 39 heavy (non-hydrogen) atoms. The second kappa shape index (κ2) is 10.4. The minimum absolute atomic E-state index is 0.0693. The van der Waals surface area contributed by atoms with E-state index in [-0.39, 0.29) is 17.9 Å². The van der Waals surface area contributed by atoms with Crippen molar-refractivity contribution < 1.29 is 4.79 Å². The van der Waals surface area contributed by atoms with Crippen LogP contribution in [0, 0.1) is 16.7 Å². The van der Waals surface area contributed by atoms with Gasteiger partial charge in [-0.1, -0.05) is 30.3 Å². The molecule has 0 aliphatic carbocycles. The molecule has 1 amide bonds. The molecule has 2 aliphatic rings. The van der Waals surface area contributed by atoms with E-state index in [4.69, 9.17) is 4.98 Å². The molecular formula is C28H32N10O. The van der Waals surface area contributed by atoms with Crippen LogP contribution in [0.4, 0.5) is 17.3 Å². The van der Waals surface area contributed by atoms with Crippen LogP contribution in [-0.2, 0) is 17.8 Å². The van der Waals surface area contributed by atoms with E-state index in [1.807, 2.05) is 35.4 Å². The lowest BCUT2D eigenvalue weighted by Crippen LogP contribution is -2.57. The number of amides is 1. The van der Waals surface area contributed by atoms with Gasteiger partial charge in [0.05, 0.1) is 23.6 Å². The Balaban J connectivity index is 1.12. The number of aromatic nitrogens is 5. The predicted molar refractivity (Wildman–Crippen MR) is 148 cm³/mol. The Morgan fingerprint density at radius 3 is 2.67 bits per heavy atom. The second-order valence-electron chi connectivity index (χ2n) is 10.7. The molecule has 11 nitrogen and oxygen atoms in total. The molecule has 0 unspecified atom stereocenters. The van der Waals surface area contributed by atoms with Gasteiger partial charge in [0.15, 0.2) is 5.65 Å². The molecule has 6 rings (SSSR count). The number of hydrogen-bond acceptors (Lipinski definition) is 8. The number of likely N-dealkylation sites (N-methyl/N-ethyl adjacent to an activating group) is 1. The van der Waals surface area contributed by atoms with Crippen molar-refractivity contribution in [2.24, 2.45) is 5.41 Å². The number of nitriles is 1. The van der Waals surface area contributed by atoms with Crippen LogP contribution < -0.4 is 10.2 Å².